The molecule has 0 spiro atoms. The van der Waals surface area contributed by atoms with E-state index < -0.39 is 23.6 Å². The van der Waals surface area contributed by atoms with Gasteiger partial charge in [-0.25, -0.2) is 9.97 Å². The lowest BCUT2D eigenvalue weighted by molar-refractivity contribution is -0.144. The number of aromatic nitrogens is 3. The van der Waals surface area contributed by atoms with Crippen LogP contribution < -0.4 is 0 Å². The highest BCUT2D eigenvalue weighted by atomic mass is 19.4. The second-order valence-electron chi connectivity index (χ2n) is 5.52. The van der Waals surface area contributed by atoms with Gasteiger partial charge in [0.2, 0.25) is 0 Å². The van der Waals surface area contributed by atoms with Crippen LogP contribution >= 0.6 is 0 Å². The van der Waals surface area contributed by atoms with Crippen LogP contribution in [0.3, 0.4) is 0 Å². The first kappa shape index (κ1) is 16.4. The molecule has 0 saturated carbocycles. The van der Waals surface area contributed by atoms with E-state index in [0.29, 0.717) is 0 Å². The van der Waals surface area contributed by atoms with Gasteiger partial charge in [0, 0.05) is 10.8 Å². The van der Waals surface area contributed by atoms with Crippen LogP contribution in [0.5, 0.6) is 0 Å². The molecule has 0 atom stereocenters. The molecule has 0 amide bonds. The predicted octanol–water partition coefficient (Wildman–Crippen LogP) is 5.41. The van der Waals surface area contributed by atoms with Crippen LogP contribution in [0.4, 0.5) is 26.3 Å². The first-order chi connectivity index (χ1) is 12.1. The minimum Gasteiger partial charge on any atom is -0.442 e. The number of halogens is 6. The van der Waals surface area contributed by atoms with Crippen molar-refractivity contribution in [2.45, 2.75) is 12.4 Å². The zero-order valence-corrected chi connectivity index (χ0v) is 12.5. The molecule has 26 heavy (non-hydrogen) atoms. The first-order valence-electron chi connectivity index (χ1n) is 7.14. The summed E-state index contributed by atoms with van der Waals surface area (Å²) in [5.74, 6) is 0.248. The SMILES string of the molecule is FC(F)(F)c1cc(C(F)(F)F)c2ccc3nc(-c4cnco4)cc3c2[nH]1. The lowest BCUT2D eigenvalue weighted by Gasteiger charge is -2.15. The summed E-state index contributed by atoms with van der Waals surface area (Å²) < 4.78 is 84.2. The maximum absolute atomic E-state index is 13.3. The van der Waals surface area contributed by atoms with E-state index >= 15 is 0 Å². The molecule has 3 aromatic heterocycles. The van der Waals surface area contributed by atoms with Crippen LogP contribution in [0, 0.1) is 0 Å². The van der Waals surface area contributed by atoms with Gasteiger partial charge in [0.15, 0.2) is 12.2 Å². The van der Waals surface area contributed by atoms with Crippen molar-refractivity contribution in [3.05, 3.63) is 48.1 Å². The third-order valence-electron chi connectivity index (χ3n) is 3.88. The molecule has 0 radical (unpaired) electrons. The number of H-pyrrole nitrogens is 1. The summed E-state index contributed by atoms with van der Waals surface area (Å²) in [6.07, 6.45) is -7.43. The molecule has 0 aliphatic rings. The summed E-state index contributed by atoms with van der Waals surface area (Å²) in [7, 11) is 0. The Morgan fingerprint density at radius 3 is 2.31 bits per heavy atom. The van der Waals surface area contributed by atoms with Gasteiger partial charge in [0.1, 0.15) is 11.4 Å². The molecule has 4 rings (SSSR count). The minimum atomic E-state index is -4.97. The zero-order valence-electron chi connectivity index (χ0n) is 12.5. The highest BCUT2D eigenvalue weighted by Crippen LogP contribution is 2.40. The molecule has 0 saturated heterocycles. The van der Waals surface area contributed by atoms with Gasteiger partial charge in [0.05, 0.1) is 22.8 Å². The van der Waals surface area contributed by atoms with Crippen LogP contribution in [0.25, 0.3) is 33.3 Å². The number of fused-ring (bicyclic) bond motifs is 3. The van der Waals surface area contributed by atoms with Crippen molar-refractivity contribution in [1.29, 1.82) is 0 Å². The monoisotopic (exact) mass is 371 g/mol. The highest BCUT2D eigenvalue weighted by molar-refractivity contribution is 6.07. The Labute approximate surface area is 140 Å². The summed E-state index contributed by atoms with van der Waals surface area (Å²) >= 11 is 0. The number of benzene rings is 1. The summed E-state index contributed by atoms with van der Waals surface area (Å²) in [6, 6.07) is 3.83. The minimum absolute atomic E-state index is 0.0713. The van der Waals surface area contributed by atoms with Crippen LogP contribution in [-0.2, 0) is 12.4 Å². The number of hydrogen-bond acceptors (Lipinski definition) is 3. The number of nitrogens with zero attached hydrogens (tertiary/aromatic N) is 2. The third-order valence-corrected chi connectivity index (χ3v) is 3.88. The Bertz CT molecular complexity index is 1110. The van der Waals surface area contributed by atoms with E-state index in [1.54, 1.807) is 0 Å². The number of alkyl halides is 6. The van der Waals surface area contributed by atoms with Crippen molar-refractivity contribution in [2.75, 3.05) is 0 Å². The molecule has 4 nitrogen and oxygen atoms in total. The third kappa shape index (κ3) is 2.57. The van der Waals surface area contributed by atoms with E-state index in [-0.39, 0.29) is 39.3 Å². The van der Waals surface area contributed by atoms with Gasteiger partial charge in [-0.3, -0.25) is 0 Å². The first-order valence-corrected chi connectivity index (χ1v) is 7.14. The lowest BCUT2D eigenvalue weighted by atomic mass is 10.0. The topological polar surface area (TPSA) is 54.7 Å². The molecule has 0 aliphatic carbocycles. The smallest absolute Gasteiger partial charge is 0.431 e. The van der Waals surface area contributed by atoms with Crippen LogP contribution in [0.2, 0.25) is 0 Å². The van der Waals surface area contributed by atoms with E-state index in [1.807, 2.05) is 0 Å². The molecular weight excluding hydrogens is 364 g/mol. The van der Waals surface area contributed by atoms with Crippen molar-refractivity contribution < 1.29 is 30.8 Å². The maximum Gasteiger partial charge on any atom is 0.431 e. The Morgan fingerprint density at radius 1 is 0.923 bits per heavy atom. The van der Waals surface area contributed by atoms with Gasteiger partial charge < -0.3 is 9.40 Å². The molecule has 0 aliphatic heterocycles. The van der Waals surface area contributed by atoms with E-state index in [2.05, 4.69) is 15.0 Å². The second kappa shape index (κ2) is 5.23. The number of oxazole rings is 1. The van der Waals surface area contributed by atoms with E-state index in [0.717, 1.165) is 12.5 Å². The Hall–Kier alpha value is -3.04. The highest BCUT2D eigenvalue weighted by Gasteiger charge is 2.38. The van der Waals surface area contributed by atoms with E-state index in [4.69, 9.17) is 4.42 Å². The number of pyridine rings is 1. The maximum atomic E-state index is 13.3. The van der Waals surface area contributed by atoms with E-state index in [9.17, 15) is 26.3 Å². The van der Waals surface area contributed by atoms with Crippen molar-refractivity contribution in [3.8, 4) is 11.5 Å². The lowest BCUT2D eigenvalue weighted by Crippen LogP contribution is -2.13. The van der Waals surface area contributed by atoms with Crippen LogP contribution in [-0.4, -0.2) is 15.0 Å². The van der Waals surface area contributed by atoms with Crippen molar-refractivity contribution in [1.82, 2.24) is 15.0 Å². The standard InChI is InChI=1S/C16H7F6N3O/c17-15(18,19)9-4-13(16(20,21)22)25-14-7(9)1-2-10-8(14)3-11(24-10)12-5-23-6-26-12/h1-6,25H. The fourth-order valence-corrected chi connectivity index (χ4v) is 2.76. The van der Waals surface area contributed by atoms with Crippen LogP contribution in [0.1, 0.15) is 11.3 Å². The van der Waals surface area contributed by atoms with Crippen molar-refractivity contribution >= 4 is 21.8 Å². The Kier molecular flexibility index (Phi) is 3.30. The van der Waals surface area contributed by atoms with Gasteiger partial charge in [-0.15, -0.1) is 0 Å². The summed E-state index contributed by atoms with van der Waals surface area (Å²) in [4.78, 5) is 9.95. The van der Waals surface area contributed by atoms with Gasteiger partial charge in [-0.2, -0.15) is 26.3 Å². The van der Waals surface area contributed by atoms with Crippen LogP contribution in [0.15, 0.2) is 41.3 Å². The normalized spacial score (nSPS) is 13.0. The molecule has 0 unspecified atom stereocenters. The molecule has 0 fully saturated rings. The molecule has 0 bridgehead atoms. The van der Waals surface area contributed by atoms with Gasteiger partial charge in [-0.05, 0) is 18.2 Å². The molecular formula is C16H7F6N3O. The molecule has 3 heterocycles. The number of rotatable bonds is 1. The number of aromatic amines is 1. The number of nitrogens with one attached hydrogen (secondary N) is 1. The molecule has 10 heteroatoms. The quantitative estimate of drug-likeness (QED) is 0.455. The number of hydrogen-bond donors (Lipinski definition) is 1. The summed E-state index contributed by atoms with van der Waals surface area (Å²) in [6.45, 7) is 0. The van der Waals surface area contributed by atoms with Crippen molar-refractivity contribution in [3.63, 3.8) is 0 Å². The van der Waals surface area contributed by atoms with Gasteiger partial charge >= 0.3 is 12.4 Å². The molecule has 134 valence electrons. The molecule has 4 aromatic rings. The Morgan fingerprint density at radius 2 is 1.69 bits per heavy atom. The Balaban J connectivity index is 2.09. The largest absolute Gasteiger partial charge is 0.442 e. The fourth-order valence-electron chi connectivity index (χ4n) is 2.76. The average molecular weight is 371 g/mol. The summed E-state index contributed by atoms with van der Waals surface area (Å²) in [5.41, 5.74) is -2.69. The molecule has 1 aromatic carbocycles. The van der Waals surface area contributed by atoms with Crippen molar-refractivity contribution in [2.24, 2.45) is 0 Å². The summed E-state index contributed by atoms with van der Waals surface area (Å²) in [5, 5.41) is -0.264. The molecule has 1 N–H and O–H groups in total. The predicted molar refractivity (Wildman–Crippen MR) is 79.1 cm³/mol. The average Bonchev–Trinajstić information content (AvgIpc) is 3.20. The zero-order chi connectivity index (χ0) is 18.7. The second-order valence-corrected chi connectivity index (χ2v) is 5.52. The van der Waals surface area contributed by atoms with Gasteiger partial charge in [0.25, 0.3) is 0 Å². The fraction of sp³-hybridized carbons (Fsp3) is 0.125. The van der Waals surface area contributed by atoms with Gasteiger partial charge in [-0.1, -0.05) is 6.07 Å². The van der Waals surface area contributed by atoms with E-state index in [1.165, 1.54) is 18.3 Å².